The van der Waals surface area contributed by atoms with Gasteiger partial charge in [0.2, 0.25) is 12.3 Å². The van der Waals surface area contributed by atoms with Crippen LogP contribution >= 0.6 is 11.9 Å². The number of rotatable bonds is 5. The molecule has 0 radical (unpaired) electrons. The minimum atomic E-state index is -2.25. The van der Waals surface area contributed by atoms with Gasteiger partial charge in [0.05, 0.1) is 4.91 Å². The summed E-state index contributed by atoms with van der Waals surface area (Å²) in [6, 6.07) is 0. The summed E-state index contributed by atoms with van der Waals surface area (Å²) >= 11 is 1.10. The number of carbonyl (C=O) groups excluding carboxylic acids is 1. The third kappa shape index (κ3) is 4.27. The van der Waals surface area contributed by atoms with Gasteiger partial charge in [-0.1, -0.05) is 6.42 Å². The van der Waals surface area contributed by atoms with Crippen LogP contribution in [0.2, 0.25) is 0 Å². The van der Waals surface area contributed by atoms with Gasteiger partial charge in [-0.05, 0) is 37.6 Å². The van der Waals surface area contributed by atoms with Crippen molar-refractivity contribution in [3.63, 3.8) is 0 Å². The molecule has 2 saturated carbocycles. The molecular weight excluding hydrogens is 336 g/mol. The second kappa shape index (κ2) is 7.52. The molecule has 1 aromatic rings. The molecule has 2 fully saturated rings. The van der Waals surface area contributed by atoms with Crippen molar-refractivity contribution < 1.29 is 13.6 Å². The topological polar surface area (TPSA) is 99.0 Å². The first kappa shape index (κ1) is 18.7. The molecule has 3 rings (SSSR count). The Labute approximate surface area is 144 Å². The van der Waals surface area contributed by atoms with Crippen LogP contribution in [-0.2, 0) is 11.8 Å². The molecule has 134 valence electrons. The van der Waals surface area contributed by atoms with Crippen LogP contribution < -0.4 is 16.2 Å². The van der Waals surface area contributed by atoms with E-state index in [-0.39, 0.29) is 12.8 Å². The highest BCUT2D eigenvalue weighted by molar-refractivity contribution is 8.06. The highest BCUT2D eigenvalue weighted by Crippen LogP contribution is 2.44. The zero-order valence-corrected chi connectivity index (χ0v) is 14.6. The molecule has 0 saturated heterocycles. The Morgan fingerprint density at radius 2 is 2.04 bits per heavy atom. The summed E-state index contributed by atoms with van der Waals surface area (Å²) in [4.78, 5) is 11.5. The van der Waals surface area contributed by atoms with Crippen LogP contribution in [0.25, 0.3) is 4.91 Å². The lowest BCUT2D eigenvalue weighted by Gasteiger charge is -2.26. The van der Waals surface area contributed by atoms with E-state index in [4.69, 9.17) is 10.9 Å². The lowest BCUT2D eigenvalue weighted by Crippen LogP contribution is -2.13. The lowest BCUT2D eigenvalue weighted by molar-refractivity contribution is -0.105. The number of allylic oxidation sites excluding steroid dienone is 1. The highest BCUT2D eigenvalue weighted by atomic mass is 32.2. The average molecular weight is 359 g/mol. The third-order valence-electron chi connectivity index (χ3n) is 4.11. The maximum atomic E-state index is 11.1. The van der Waals surface area contributed by atoms with Crippen molar-refractivity contribution in [3.8, 4) is 0 Å². The van der Waals surface area contributed by atoms with Crippen molar-refractivity contribution in [1.29, 1.82) is 0 Å². The average Bonchev–Trinajstić information content (AvgIpc) is 3.06. The lowest BCUT2D eigenvalue weighted by atomic mass is 9.79. The van der Waals surface area contributed by atoms with Crippen molar-refractivity contribution in [2.75, 3.05) is 5.32 Å². The van der Waals surface area contributed by atoms with Gasteiger partial charge in [-0.2, -0.15) is 5.10 Å². The van der Waals surface area contributed by atoms with Crippen molar-refractivity contribution in [3.05, 3.63) is 17.0 Å². The van der Waals surface area contributed by atoms with Crippen molar-refractivity contribution >= 4 is 29.1 Å². The number of hydrogen-bond donors (Lipinski definition) is 3. The van der Waals surface area contributed by atoms with Crippen LogP contribution in [0.1, 0.15) is 56.2 Å². The van der Waals surface area contributed by atoms with E-state index in [9.17, 15) is 13.6 Å². The number of nitrogens with two attached hydrogens (primary N) is 2. The van der Waals surface area contributed by atoms with Gasteiger partial charge in [0.1, 0.15) is 11.5 Å². The normalized spacial score (nSPS) is 19.5. The molecule has 6 nitrogen and oxygen atoms in total. The molecule has 0 unspecified atom stereocenters. The van der Waals surface area contributed by atoms with E-state index in [2.05, 4.69) is 10.4 Å². The van der Waals surface area contributed by atoms with E-state index in [0.29, 0.717) is 18.0 Å². The maximum absolute atomic E-state index is 11.1. The number of aryl methyl sites for hydroxylation is 1. The minimum Gasteiger partial charge on any atom is -0.401 e. The Morgan fingerprint density at radius 3 is 2.38 bits per heavy atom. The van der Waals surface area contributed by atoms with Crippen molar-refractivity contribution in [2.24, 2.45) is 17.9 Å². The molecule has 0 spiro atoms. The Morgan fingerprint density at radius 1 is 1.46 bits per heavy atom. The zero-order valence-electron chi connectivity index (χ0n) is 13.8. The molecule has 1 amide bonds. The van der Waals surface area contributed by atoms with Gasteiger partial charge < -0.3 is 11.1 Å². The van der Waals surface area contributed by atoms with Gasteiger partial charge in [0.25, 0.3) is 0 Å². The number of amides is 1. The van der Waals surface area contributed by atoms with Crippen LogP contribution in [0.3, 0.4) is 0 Å². The standard InChI is InChI=1S/C12H19N5OS.C3H4F2/c1-7(13)11(19-14)10-9(8-4-3-5-8)12(15-6-18)17(2)16-10;4-3(5)1-2-3/h6,8H,3-5,13-14H2,1-2H3,(H,15,18);1-2H2/b11-7-;. The van der Waals surface area contributed by atoms with E-state index in [1.165, 1.54) is 6.42 Å². The second-order valence-electron chi connectivity index (χ2n) is 6.11. The summed E-state index contributed by atoms with van der Waals surface area (Å²) in [5.74, 6) is -1.09. The second-order valence-corrected chi connectivity index (χ2v) is 6.75. The SMILES string of the molecule is C/C(N)=C(/SN)c1nn(C)c(NC=O)c1C1CCC1.FC1(F)CC1. The van der Waals surface area contributed by atoms with Gasteiger partial charge in [0, 0.05) is 31.1 Å². The monoisotopic (exact) mass is 359 g/mol. The van der Waals surface area contributed by atoms with Crippen LogP contribution in [0, 0.1) is 0 Å². The Bertz CT molecular complexity index is 630. The molecule has 5 N–H and O–H groups in total. The quantitative estimate of drug-likeness (QED) is 0.554. The third-order valence-corrected chi connectivity index (χ3v) is 4.86. The summed E-state index contributed by atoms with van der Waals surface area (Å²) in [6.45, 7) is 1.81. The van der Waals surface area contributed by atoms with E-state index < -0.39 is 5.92 Å². The predicted octanol–water partition coefficient (Wildman–Crippen LogP) is 2.93. The van der Waals surface area contributed by atoms with Crippen LogP contribution in [-0.4, -0.2) is 22.1 Å². The molecule has 1 aromatic heterocycles. The summed E-state index contributed by atoms with van der Waals surface area (Å²) in [5, 5.41) is 12.9. The zero-order chi connectivity index (χ0) is 17.9. The number of nitrogens with zero attached hydrogens (tertiary/aromatic N) is 2. The minimum absolute atomic E-state index is 0.118. The number of nitrogens with one attached hydrogen (secondary N) is 1. The van der Waals surface area contributed by atoms with E-state index >= 15 is 0 Å². The fourth-order valence-corrected chi connectivity index (χ4v) is 2.90. The summed E-state index contributed by atoms with van der Waals surface area (Å²) in [7, 11) is 1.81. The fraction of sp³-hybridized carbons (Fsp3) is 0.600. The molecule has 24 heavy (non-hydrogen) atoms. The van der Waals surface area contributed by atoms with Gasteiger partial charge in [-0.25, -0.2) is 8.78 Å². The van der Waals surface area contributed by atoms with Gasteiger partial charge in [-0.15, -0.1) is 0 Å². The van der Waals surface area contributed by atoms with Crippen LogP contribution in [0.5, 0.6) is 0 Å². The largest absolute Gasteiger partial charge is 0.401 e. The summed E-state index contributed by atoms with van der Waals surface area (Å²) in [5.41, 5.74) is 8.37. The molecular formula is C15H23F2N5OS. The Balaban J connectivity index is 0.000000355. The van der Waals surface area contributed by atoms with Crippen molar-refractivity contribution in [1.82, 2.24) is 9.78 Å². The molecule has 0 aliphatic heterocycles. The summed E-state index contributed by atoms with van der Waals surface area (Å²) < 4.78 is 23.9. The van der Waals surface area contributed by atoms with E-state index in [0.717, 1.165) is 46.8 Å². The number of hydrogen-bond acceptors (Lipinski definition) is 5. The van der Waals surface area contributed by atoms with Gasteiger partial charge >= 0.3 is 0 Å². The smallest absolute Gasteiger partial charge is 0.248 e. The maximum Gasteiger partial charge on any atom is 0.248 e. The highest BCUT2D eigenvalue weighted by Gasteiger charge is 2.43. The number of carbonyl (C=O) groups is 1. The molecule has 0 bridgehead atoms. The van der Waals surface area contributed by atoms with Crippen molar-refractivity contribution in [2.45, 2.75) is 50.9 Å². The molecule has 2 aliphatic carbocycles. The molecule has 1 heterocycles. The molecule has 0 aromatic carbocycles. The van der Waals surface area contributed by atoms with Gasteiger partial charge in [0.15, 0.2) is 0 Å². The number of aromatic nitrogens is 2. The van der Waals surface area contributed by atoms with Crippen LogP contribution in [0.4, 0.5) is 14.6 Å². The summed E-state index contributed by atoms with van der Waals surface area (Å²) in [6.07, 6.45) is 4.34. The molecule has 9 heteroatoms. The van der Waals surface area contributed by atoms with Crippen LogP contribution in [0.15, 0.2) is 5.70 Å². The number of halogens is 2. The van der Waals surface area contributed by atoms with Gasteiger partial charge in [-0.3, -0.25) is 14.6 Å². The van der Waals surface area contributed by atoms with E-state index in [1.807, 2.05) is 7.05 Å². The molecule has 0 atom stereocenters. The Kier molecular flexibility index (Phi) is 5.87. The number of alkyl halides is 2. The first-order valence-electron chi connectivity index (χ1n) is 7.79. The Hall–Kier alpha value is -1.61. The number of anilines is 1. The first-order chi connectivity index (χ1) is 11.3. The molecule has 2 aliphatic rings. The fourth-order valence-electron chi connectivity index (χ4n) is 2.45. The van der Waals surface area contributed by atoms with E-state index in [1.54, 1.807) is 11.6 Å². The predicted molar refractivity (Wildman–Crippen MR) is 92.2 cm³/mol. The first-order valence-corrected chi connectivity index (χ1v) is 8.67.